The molecule has 0 heterocycles. The normalized spacial score (nSPS) is 12.4. The van der Waals surface area contributed by atoms with Crippen LogP contribution < -0.4 is 5.32 Å². The maximum absolute atomic E-state index is 11.7. The third kappa shape index (κ3) is 14.1. The van der Waals surface area contributed by atoms with Crippen molar-refractivity contribution in [1.29, 1.82) is 0 Å². The number of nitrogens with one attached hydrogen (secondary N) is 1. The summed E-state index contributed by atoms with van der Waals surface area (Å²) in [4.78, 5) is 0. The van der Waals surface area contributed by atoms with Crippen molar-refractivity contribution in [3.05, 3.63) is 0 Å². The Balaban J connectivity index is 3.05. The fraction of sp³-hybridized carbons (Fsp3) is 1.00. The summed E-state index contributed by atoms with van der Waals surface area (Å²) in [5.41, 5.74) is -4.11. The SMILES string of the molecule is CC(C)COCCCNCCSC(F)(F)F. The molecule has 0 aliphatic heterocycles. The predicted molar refractivity (Wildman–Crippen MR) is 61.7 cm³/mol. The summed E-state index contributed by atoms with van der Waals surface area (Å²) in [5, 5.41) is 2.95. The van der Waals surface area contributed by atoms with Crippen LogP contribution in [-0.2, 0) is 4.74 Å². The second-order valence-electron chi connectivity index (χ2n) is 3.87. The zero-order valence-electron chi connectivity index (χ0n) is 9.77. The Kier molecular flexibility index (Phi) is 9.16. The number of rotatable bonds is 9. The highest BCUT2D eigenvalue weighted by atomic mass is 32.2. The molecule has 0 aliphatic carbocycles. The van der Waals surface area contributed by atoms with E-state index in [9.17, 15) is 13.2 Å². The first-order valence-corrected chi connectivity index (χ1v) is 6.39. The maximum Gasteiger partial charge on any atom is 0.441 e. The highest BCUT2D eigenvalue weighted by molar-refractivity contribution is 8.00. The Morgan fingerprint density at radius 2 is 1.94 bits per heavy atom. The van der Waals surface area contributed by atoms with Crippen molar-refractivity contribution in [2.75, 3.05) is 32.1 Å². The standard InChI is InChI=1S/C10H20F3NOS/c1-9(2)8-15-6-3-4-14-5-7-16-10(11,12)13/h9,14H,3-8H2,1-2H3. The molecule has 0 aromatic rings. The van der Waals surface area contributed by atoms with Gasteiger partial charge in [0.2, 0.25) is 0 Å². The molecular formula is C10H20F3NOS. The zero-order chi connectivity index (χ0) is 12.4. The summed E-state index contributed by atoms with van der Waals surface area (Å²) < 4.78 is 40.5. The first-order valence-electron chi connectivity index (χ1n) is 5.41. The lowest BCUT2D eigenvalue weighted by Crippen LogP contribution is -2.21. The fourth-order valence-electron chi connectivity index (χ4n) is 0.982. The summed E-state index contributed by atoms with van der Waals surface area (Å²) in [6.07, 6.45) is 0.837. The second kappa shape index (κ2) is 9.13. The van der Waals surface area contributed by atoms with Crippen LogP contribution in [0.3, 0.4) is 0 Å². The van der Waals surface area contributed by atoms with Crippen LogP contribution in [0.15, 0.2) is 0 Å². The van der Waals surface area contributed by atoms with Crippen molar-refractivity contribution in [3.8, 4) is 0 Å². The van der Waals surface area contributed by atoms with Gasteiger partial charge in [0.05, 0.1) is 0 Å². The van der Waals surface area contributed by atoms with Crippen LogP contribution in [0, 0.1) is 5.92 Å². The molecule has 98 valence electrons. The van der Waals surface area contributed by atoms with E-state index in [2.05, 4.69) is 19.2 Å². The topological polar surface area (TPSA) is 21.3 Å². The van der Waals surface area contributed by atoms with Gasteiger partial charge in [-0.1, -0.05) is 13.8 Å². The quantitative estimate of drug-likeness (QED) is 0.643. The van der Waals surface area contributed by atoms with Crippen LogP contribution in [0.2, 0.25) is 0 Å². The van der Waals surface area contributed by atoms with E-state index in [0.717, 1.165) is 13.0 Å². The average molecular weight is 259 g/mol. The minimum absolute atomic E-state index is 0.0120. The summed E-state index contributed by atoms with van der Waals surface area (Å²) in [6, 6.07) is 0. The lowest BCUT2D eigenvalue weighted by atomic mass is 10.2. The Morgan fingerprint density at radius 3 is 2.50 bits per heavy atom. The lowest BCUT2D eigenvalue weighted by molar-refractivity contribution is -0.0327. The minimum Gasteiger partial charge on any atom is -0.381 e. The summed E-state index contributed by atoms with van der Waals surface area (Å²) in [6.45, 7) is 6.64. The number of alkyl halides is 3. The van der Waals surface area contributed by atoms with E-state index in [1.165, 1.54) is 0 Å². The maximum atomic E-state index is 11.7. The highest BCUT2D eigenvalue weighted by Gasteiger charge is 2.27. The molecule has 0 aromatic carbocycles. The predicted octanol–water partition coefficient (Wildman–Crippen LogP) is 2.89. The van der Waals surface area contributed by atoms with Gasteiger partial charge in [0, 0.05) is 25.5 Å². The summed E-state index contributed by atoms with van der Waals surface area (Å²) in [5.74, 6) is 0.590. The van der Waals surface area contributed by atoms with E-state index in [1.807, 2.05) is 0 Å². The minimum atomic E-state index is -4.11. The van der Waals surface area contributed by atoms with E-state index in [0.29, 0.717) is 25.6 Å². The molecule has 0 saturated carbocycles. The number of thioether (sulfide) groups is 1. The number of hydrogen-bond acceptors (Lipinski definition) is 3. The van der Waals surface area contributed by atoms with Gasteiger partial charge < -0.3 is 10.1 Å². The first-order chi connectivity index (χ1) is 7.42. The van der Waals surface area contributed by atoms with Gasteiger partial charge in [-0.15, -0.1) is 0 Å². The van der Waals surface area contributed by atoms with Gasteiger partial charge in [-0.25, -0.2) is 0 Å². The van der Waals surface area contributed by atoms with Crippen molar-refractivity contribution in [3.63, 3.8) is 0 Å². The average Bonchev–Trinajstić information content (AvgIpc) is 2.13. The molecular weight excluding hydrogens is 239 g/mol. The summed E-state index contributed by atoms with van der Waals surface area (Å²) in [7, 11) is 0. The molecule has 0 rings (SSSR count). The van der Waals surface area contributed by atoms with E-state index >= 15 is 0 Å². The molecule has 6 heteroatoms. The molecule has 0 aromatic heterocycles. The van der Waals surface area contributed by atoms with Crippen molar-refractivity contribution >= 4 is 11.8 Å². The smallest absolute Gasteiger partial charge is 0.381 e. The molecule has 0 bridgehead atoms. The molecule has 0 atom stereocenters. The van der Waals surface area contributed by atoms with E-state index in [1.54, 1.807) is 0 Å². The largest absolute Gasteiger partial charge is 0.441 e. The Hall–Kier alpha value is 0.0600. The van der Waals surface area contributed by atoms with Gasteiger partial charge in [0.25, 0.3) is 0 Å². The van der Waals surface area contributed by atoms with Crippen LogP contribution in [0.5, 0.6) is 0 Å². The first kappa shape index (κ1) is 16.1. The number of ether oxygens (including phenoxy) is 1. The van der Waals surface area contributed by atoms with Crippen molar-refractivity contribution in [2.45, 2.75) is 25.8 Å². The van der Waals surface area contributed by atoms with Gasteiger partial charge in [-0.3, -0.25) is 0 Å². The Morgan fingerprint density at radius 1 is 1.25 bits per heavy atom. The van der Waals surface area contributed by atoms with Crippen molar-refractivity contribution in [1.82, 2.24) is 5.32 Å². The third-order valence-corrected chi connectivity index (χ3v) is 2.37. The Bertz CT molecular complexity index is 165. The lowest BCUT2D eigenvalue weighted by Gasteiger charge is -2.08. The third-order valence-electron chi connectivity index (χ3n) is 1.64. The molecule has 2 nitrogen and oxygen atoms in total. The van der Waals surface area contributed by atoms with Gasteiger partial charge >= 0.3 is 5.51 Å². The van der Waals surface area contributed by atoms with Gasteiger partial charge in [0.1, 0.15) is 0 Å². The van der Waals surface area contributed by atoms with Crippen molar-refractivity contribution < 1.29 is 17.9 Å². The van der Waals surface area contributed by atoms with Gasteiger partial charge in [-0.05, 0) is 30.6 Å². The fourth-order valence-corrected chi connectivity index (χ4v) is 1.46. The molecule has 0 fully saturated rings. The van der Waals surface area contributed by atoms with Gasteiger partial charge in [-0.2, -0.15) is 13.2 Å². The molecule has 16 heavy (non-hydrogen) atoms. The molecule has 0 unspecified atom stereocenters. The molecule has 0 saturated heterocycles. The number of hydrogen-bond donors (Lipinski definition) is 1. The zero-order valence-corrected chi connectivity index (χ0v) is 10.6. The molecule has 0 radical (unpaired) electrons. The number of halogens is 3. The van der Waals surface area contributed by atoms with Crippen LogP contribution in [0.25, 0.3) is 0 Å². The molecule has 0 amide bonds. The van der Waals surface area contributed by atoms with E-state index < -0.39 is 5.51 Å². The molecule has 1 N–H and O–H groups in total. The van der Waals surface area contributed by atoms with Gasteiger partial charge in [0.15, 0.2) is 0 Å². The molecule has 0 aliphatic rings. The van der Waals surface area contributed by atoms with E-state index in [-0.39, 0.29) is 17.5 Å². The Labute approximate surface area is 99.3 Å². The van der Waals surface area contributed by atoms with Crippen LogP contribution in [0.4, 0.5) is 13.2 Å². The van der Waals surface area contributed by atoms with Crippen LogP contribution in [0.1, 0.15) is 20.3 Å². The monoisotopic (exact) mass is 259 g/mol. The van der Waals surface area contributed by atoms with E-state index in [4.69, 9.17) is 4.74 Å². The molecule has 0 spiro atoms. The van der Waals surface area contributed by atoms with Crippen LogP contribution in [-0.4, -0.2) is 37.6 Å². The summed E-state index contributed by atoms with van der Waals surface area (Å²) >= 11 is 0.0120. The highest BCUT2D eigenvalue weighted by Crippen LogP contribution is 2.29. The van der Waals surface area contributed by atoms with Crippen LogP contribution >= 0.6 is 11.8 Å². The van der Waals surface area contributed by atoms with Crippen molar-refractivity contribution in [2.24, 2.45) is 5.92 Å². The second-order valence-corrected chi connectivity index (χ2v) is 5.03.